The molecule has 0 amide bonds. The molecule has 1 aromatic carbocycles. The highest BCUT2D eigenvalue weighted by atomic mass is 15.0. The molecular weight excluding hydrogens is 182 g/mol. The fourth-order valence-electron chi connectivity index (χ4n) is 3.33. The van der Waals surface area contributed by atoms with Gasteiger partial charge in [0.05, 0.1) is 0 Å². The maximum Gasteiger partial charge on any atom is 0.0210 e. The smallest absolute Gasteiger partial charge is 0.0210 e. The fraction of sp³-hybridized carbons (Fsp3) is 0.571. The zero-order valence-corrected chi connectivity index (χ0v) is 9.21. The van der Waals surface area contributed by atoms with E-state index < -0.39 is 0 Å². The monoisotopic (exact) mass is 201 g/mol. The number of benzene rings is 1. The van der Waals surface area contributed by atoms with Crippen LogP contribution in [0.25, 0.3) is 0 Å². The van der Waals surface area contributed by atoms with Crippen LogP contribution in [0.2, 0.25) is 0 Å². The SMILES string of the molecule is c1ccc(CNC23CCC(CC2)C3)cc1. The van der Waals surface area contributed by atoms with Gasteiger partial charge in [-0.25, -0.2) is 0 Å². The number of rotatable bonds is 3. The second kappa shape index (κ2) is 3.64. The lowest BCUT2D eigenvalue weighted by molar-refractivity contribution is 0.325. The highest BCUT2D eigenvalue weighted by Gasteiger charge is 2.44. The van der Waals surface area contributed by atoms with Gasteiger partial charge in [0, 0.05) is 12.1 Å². The van der Waals surface area contributed by atoms with E-state index in [4.69, 9.17) is 0 Å². The average Bonchev–Trinajstić information content (AvgIpc) is 2.89. The average molecular weight is 201 g/mol. The van der Waals surface area contributed by atoms with Gasteiger partial charge in [-0.2, -0.15) is 0 Å². The quantitative estimate of drug-likeness (QED) is 0.792. The molecule has 0 unspecified atom stereocenters. The van der Waals surface area contributed by atoms with Crippen LogP contribution in [0.15, 0.2) is 30.3 Å². The van der Waals surface area contributed by atoms with E-state index in [0.29, 0.717) is 5.54 Å². The van der Waals surface area contributed by atoms with Crippen molar-refractivity contribution in [1.29, 1.82) is 0 Å². The number of hydrogen-bond acceptors (Lipinski definition) is 1. The Balaban J connectivity index is 1.62. The van der Waals surface area contributed by atoms with E-state index in [-0.39, 0.29) is 0 Å². The van der Waals surface area contributed by atoms with E-state index in [9.17, 15) is 0 Å². The van der Waals surface area contributed by atoms with Crippen molar-refractivity contribution in [2.45, 2.75) is 44.2 Å². The van der Waals surface area contributed by atoms with Crippen LogP contribution in [-0.2, 0) is 6.54 Å². The van der Waals surface area contributed by atoms with Crippen LogP contribution in [0.1, 0.15) is 37.7 Å². The second-order valence-corrected chi connectivity index (χ2v) is 5.27. The van der Waals surface area contributed by atoms with Crippen LogP contribution in [0.4, 0.5) is 0 Å². The Bertz CT molecular complexity index is 322. The first-order valence-corrected chi connectivity index (χ1v) is 6.15. The molecule has 1 N–H and O–H groups in total. The van der Waals surface area contributed by atoms with Crippen molar-refractivity contribution < 1.29 is 0 Å². The van der Waals surface area contributed by atoms with Crippen LogP contribution in [0, 0.1) is 5.92 Å². The molecule has 0 aromatic heterocycles. The summed E-state index contributed by atoms with van der Waals surface area (Å²) in [6.45, 7) is 1.05. The van der Waals surface area contributed by atoms with Crippen molar-refractivity contribution >= 4 is 0 Å². The van der Waals surface area contributed by atoms with Gasteiger partial charge in [0.1, 0.15) is 0 Å². The van der Waals surface area contributed by atoms with Crippen LogP contribution in [0.5, 0.6) is 0 Å². The Morgan fingerprint density at radius 3 is 2.47 bits per heavy atom. The molecule has 3 rings (SSSR count). The minimum Gasteiger partial charge on any atom is -0.307 e. The first-order valence-electron chi connectivity index (χ1n) is 6.15. The third-order valence-electron chi connectivity index (χ3n) is 4.25. The maximum absolute atomic E-state index is 3.80. The van der Waals surface area contributed by atoms with E-state index >= 15 is 0 Å². The van der Waals surface area contributed by atoms with Gasteiger partial charge in [-0.3, -0.25) is 0 Å². The summed E-state index contributed by atoms with van der Waals surface area (Å²) in [7, 11) is 0. The molecule has 2 saturated carbocycles. The summed E-state index contributed by atoms with van der Waals surface area (Å²) in [5.41, 5.74) is 1.93. The van der Waals surface area contributed by atoms with Crippen molar-refractivity contribution in [3.05, 3.63) is 35.9 Å². The summed E-state index contributed by atoms with van der Waals surface area (Å²) in [4.78, 5) is 0. The maximum atomic E-state index is 3.80. The van der Waals surface area contributed by atoms with Crippen molar-refractivity contribution in [2.24, 2.45) is 5.92 Å². The molecule has 2 bridgehead atoms. The van der Waals surface area contributed by atoms with E-state index in [1.165, 1.54) is 37.7 Å². The molecule has 0 spiro atoms. The zero-order valence-electron chi connectivity index (χ0n) is 9.21. The minimum absolute atomic E-state index is 0.514. The van der Waals surface area contributed by atoms with Gasteiger partial charge in [0.25, 0.3) is 0 Å². The van der Waals surface area contributed by atoms with Gasteiger partial charge in [-0.05, 0) is 43.6 Å². The summed E-state index contributed by atoms with van der Waals surface area (Å²) in [6, 6.07) is 10.8. The van der Waals surface area contributed by atoms with E-state index in [1.807, 2.05) is 0 Å². The molecule has 2 aliphatic carbocycles. The van der Waals surface area contributed by atoms with Crippen molar-refractivity contribution in [2.75, 3.05) is 0 Å². The molecule has 1 heteroatoms. The summed E-state index contributed by atoms with van der Waals surface area (Å²) in [6.07, 6.45) is 7.17. The fourth-order valence-corrected chi connectivity index (χ4v) is 3.33. The Morgan fingerprint density at radius 1 is 1.13 bits per heavy atom. The first kappa shape index (κ1) is 9.41. The van der Waals surface area contributed by atoms with Crippen LogP contribution in [-0.4, -0.2) is 5.54 Å². The Kier molecular flexibility index (Phi) is 2.28. The van der Waals surface area contributed by atoms with Gasteiger partial charge in [0.15, 0.2) is 0 Å². The number of nitrogens with one attached hydrogen (secondary N) is 1. The Labute approximate surface area is 91.9 Å². The lowest BCUT2D eigenvalue weighted by Crippen LogP contribution is -2.40. The molecule has 0 aliphatic heterocycles. The summed E-state index contributed by atoms with van der Waals surface area (Å²) >= 11 is 0. The lowest BCUT2D eigenvalue weighted by Gasteiger charge is -2.28. The van der Waals surface area contributed by atoms with Gasteiger partial charge in [-0.15, -0.1) is 0 Å². The number of hydrogen-bond donors (Lipinski definition) is 1. The first-order chi connectivity index (χ1) is 7.36. The normalized spacial score (nSPS) is 33.5. The standard InChI is InChI=1S/C14H19N/c1-2-4-13(5-3-1)11-15-14-8-6-12(10-14)7-9-14/h1-5,12,15H,6-11H2. The molecule has 0 saturated heterocycles. The van der Waals surface area contributed by atoms with Crippen LogP contribution in [0.3, 0.4) is 0 Å². The molecule has 80 valence electrons. The van der Waals surface area contributed by atoms with Gasteiger partial charge in [0.2, 0.25) is 0 Å². The molecule has 0 heterocycles. The van der Waals surface area contributed by atoms with Crippen molar-refractivity contribution in [3.63, 3.8) is 0 Å². The largest absolute Gasteiger partial charge is 0.307 e. The molecule has 1 nitrogen and oxygen atoms in total. The topological polar surface area (TPSA) is 12.0 Å². The molecular formula is C14H19N. The predicted molar refractivity (Wildman–Crippen MR) is 62.6 cm³/mol. The Hall–Kier alpha value is -0.820. The van der Waals surface area contributed by atoms with E-state index in [1.54, 1.807) is 0 Å². The summed E-state index contributed by atoms with van der Waals surface area (Å²) in [5.74, 6) is 1.04. The molecule has 2 fully saturated rings. The molecule has 0 radical (unpaired) electrons. The van der Waals surface area contributed by atoms with Crippen LogP contribution >= 0.6 is 0 Å². The van der Waals surface area contributed by atoms with Crippen molar-refractivity contribution in [3.8, 4) is 0 Å². The number of fused-ring (bicyclic) bond motifs is 2. The van der Waals surface area contributed by atoms with Gasteiger partial charge < -0.3 is 5.32 Å². The second-order valence-electron chi connectivity index (χ2n) is 5.27. The Morgan fingerprint density at radius 2 is 1.87 bits per heavy atom. The van der Waals surface area contributed by atoms with E-state index in [2.05, 4.69) is 35.6 Å². The molecule has 15 heavy (non-hydrogen) atoms. The summed E-state index contributed by atoms with van der Waals surface area (Å²) in [5, 5.41) is 3.80. The third-order valence-corrected chi connectivity index (χ3v) is 4.25. The van der Waals surface area contributed by atoms with Gasteiger partial charge >= 0.3 is 0 Å². The highest BCUT2D eigenvalue weighted by Crippen LogP contribution is 2.47. The third kappa shape index (κ3) is 1.81. The molecule has 2 aliphatic rings. The van der Waals surface area contributed by atoms with E-state index in [0.717, 1.165) is 12.5 Å². The highest BCUT2D eigenvalue weighted by molar-refractivity contribution is 5.15. The van der Waals surface area contributed by atoms with Gasteiger partial charge in [-0.1, -0.05) is 30.3 Å². The molecule has 1 aromatic rings. The van der Waals surface area contributed by atoms with Crippen LogP contribution < -0.4 is 5.32 Å². The summed E-state index contributed by atoms with van der Waals surface area (Å²) < 4.78 is 0. The lowest BCUT2D eigenvalue weighted by atomic mass is 9.93. The van der Waals surface area contributed by atoms with Crippen molar-refractivity contribution in [1.82, 2.24) is 5.32 Å². The minimum atomic E-state index is 0.514. The zero-order chi connectivity index (χ0) is 10.1. The predicted octanol–water partition coefficient (Wildman–Crippen LogP) is 3.11. The molecule has 0 atom stereocenters.